The Balaban J connectivity index is 2.28. The Hall–Kier alpha value is -2.05. The second-order valence-corrected chi connectivity index (χ2v) is 4.19. The Morgan fingerprint density at radius 1 is 1.32 bits per heavy atom. The third-order valence-electron chi connectivity index (χ3n) is 2.69. The summed E-state index contributed by atoms with van der Waals surface area (Å²) in [5, 5.41) is 0.412. The van der Waals surface area contributed by atoms with Gasteiger partial charge in [-0.15, -0.1) is 0 Å². The highest BCUT2D eigenvalue weighted by Gasteiger charge is 2.27. The molecule has 2 aromatic rings. The van der Waals surface area contributed by atoms with Gasteiger partial charge in [-0.3, -0.25) is 9.78 Å². The van der Waals surface area contributed by atoms with Crippen LogP contribution in [0.5, 0.6) is 0 Å². The molecule has 0 unspecified atom stereocenters. The molecule has 0 radical (unpaired) electrons. The summed E-state index contributed by atoms with van der Waals surface area (Å²) in [5.74, 6) is 0.132. The summed E-state index contributed by atoms with van der Waals surface area (Å²) in [4.78, 5) is 19.7. The normalized spacial score (nSPS) is 11.8. The average Bonchev–Trinajstić information content (AvgIpc) is 2.35. The van der Waals surface area contributed by atoms with Crippen LogP contribution >= 0.6 is 0 Å². The Labute approximate surface area is 106 Å². The molecule has 102 valence electrons. The summed E-state index contributed by atoms with van der Waals surface area (Å²) in [6, 6.07) is 6.67. The molecule has 19 heavy (non-hydrogen) atoms. The largest absolute Gasteiger partial charge is 0.390 e. The Kier molecular flexibility index (Phi) is 3.46. The van der Waals surface area contributed by atoms with Crippen molar-refractivity contribution in [2.24, 2.45) is 0 Å². The first-order valence-electron chi connectivity index (χ1n) is 5.64. The number of aromatic nitrogens is 2. The minimum atomic E-state index is -4.23. The number of benzene rings is 1. The molecule has 0 spiro atoms. The van der Waals surface area contributed by atoms with Crippen LogP contribution in [0.2, 0.25) is 0 Å². The monoisotopic (exact) mass is 271 g/mol. The molecule has 1 aromatic heterocycles. The molecule has 0 aliphatic heterocycles. The molecule has 2 rings (SSSR count). The van der Waals surface area contributed by atoms with Crippen molar-refractivity contribution < 1.29 is 13.2 Å². The van der Waals surface area contributed by atoms with E-state index in [2.05, 4.69) is 9.97 Å². The number of hydrogen-bond acceptors (Lipinski definition) is 3. The zero-order valence-corrected chi connectivity index (χ0v) is 10.2. The standard InChI is InChI=1S/C12H12F3N3O/c1-18(7-6-12(13,14)15)11-16-9-5-3-2-4-8(9)10(19)17-11/h2-5H,6-7H2,1H3,(H,16,17,19). The molecule has 0 saturated heterocycles. The van der Waals surface area contributed by atoms with E-state index < -0.39 is 12.6 Å². The fraction of sp³-hybridized carbons (Fsp3) is 0.333. The van der Waals surface area contributed by atoms with Crippen molar-refractivity contribution in [2.45, 2.75) is 12.6 Å². The van der Waals surface area contributed by atoms with Crippen LogP contribution in [0.15, 0.2) is 29.1 Å². The second kappa shape index (κ2) is 4.91. The molecule has 0 fully saturated rings. The van der Waals surface area contributed by atoms with Crippen molar-refractivity contribution in [1.29, 1.82) is 0 Å². The summed E-state index contributed by atoms with van der Waals surface area (Å²) < 4.78 is 36.4. The first-order chi connectivity index (χ1) is 8.87. The maximum absolute atomic E-state index is 12.1. The van der Waals surface area contributed by atoms with Crippen LogP contribution in [0.25, 0.3) is 10.9 Å². The summed E-state index contributed by atoms with van der Waals surface area (Å²) in [5.41, 5.74) is 0.0968. The van der Waals surface area contributed by atoms with Crippen LogP contribution in [0.3, 0.4) is 0 Å². The summed E-state index contributed by atoms with van der Waals surface area (Å²) in [7, 11) is 1.46. The number of anilines is 1. The molecule has 0 amide bonds. The van der Waals surface area contributed by atoms with E-state index in [9.17, 15) is 18.0 Å². The number of rotatable bonds is 3. The highest BCUT2D eigenvalue weighted by atomic mass is 19.4. The molecule has 0 saturated carbocycles. The van der Waals surface area contributed by atoms with Crippen LogP contribution in [0.4, 0.5) is 19.1 Å². The summed E-state index contributed by atoms with van der Waals surface area (Å²) in [6.07, 6.45) is -5.19. The minimum absolute atomic E-state index is 0.132. The lowest BCUT2D eigenvalue weighted by atomic mass is 10.2. The number of alkyl halides is 3. The van der Waals surface area contributed by atoms with Gasteiger partial charge in [-0.25, -0.2) is 4.98 Å². The SMILES string of the molecule is CN(CCC(F)(F)F)c1nc2ccccc2c(=O)[nH]1. The molecular weight excluding hydrogens is 259 g/mol. The smallest absolute Gasteiger partial charge is 0.345 e. The van der Waals surface area contributed by atoms with Crippen molar-refractivity contribution in [3.63, 3.8) is 0 Å². The van der Waals surface area contributed by atoms with E-state index in [1.807, 2.05) is 0 Å². The molecule has 4 nitrogen and oxygen atoms in total. The van der Waals surface area contributed by atoms with E-state index in [0.29, 0.717) is 10.9 Å². The molecule has 1 N–H and O–H groups in total. The van der Waals surface area contributed by atoms with Gasteiger partial charge in [-0.2, -0.15) is 13.2 Å². The van der Waals surface area contributed by atoms with Gasteiger partial charge < -0.3 is 4.90 Å². The first kappa shape index (κ1) is 13.4. The lowest BCUT2D eigenvalue weighted by Crippen LogP contribution is -2.27. The van der Waals surface area contributed by atoms with E-state index in [1.165, 1.54) is 11.9 Å². The van der Waals surface area contributed by atoms with Crippen LogP contribution in [-0.4, -0.2) is 29.7 Å². The lowest BCUT2D eigenvalue weighted by Gasteiger charge is -2.18. The van der Waals surface area contributed by atoms with Gasteiger partial charge in [-0.05, 0) is 12.1 Å². The second-order valence-electron chi connectivity index (χ2n) is 4.19. The van der Waals surface area contributed by atoms with Gasteiger partial charge in [0.2, 0.25) is 5.95 Å². The van der Waals surface area contributed by atoms with Crippen LogP contribution in [-0.2, 0) is 0 Å². The highest BCUT2D eigenvalue weighted by molar-refractivity contribution is 5.78. The van der Waals surface area contributed by atoms with E-state index in [1.54, 1.807) is 24.3 Å². The molecule has 0 aliphatic rings. The number of H-pyrrole nitrogens is 1. The number of para-hydroxylation sites is 1. The van der Waals surface area contributed by atoms with Gasteiger partial charge in [0.15, 0.2) is 0 Å². The summed E-state index contributed by atoms with van der Waals surface area (Å²) >= 11 is 0. The van der Waals surface area contributed by atoms with E-state index in [4.69, 9.17) is 0 Å². The third kappa shape index (κ3) is 3.24. The minimum Gasteiger partial charge on any atom is -0.345 e. The zero-order valence-electron chi connectivity index (χ0n) is 10.2. The molecule has 0 bridgehead atoms. The number of nitrogens with one attached hydrogen (secondary N) is 1. The molecule has 7 heteroatoms. The van der Waals surface area contributed by atoms with Gasteiger partial charge in [0.25, 0.3) is 5.56 Å². The fourth-order valence-electron chi connectivity index (χ4n) is 1.66. The van der Waals surface area contributed by atoms with Crippen LogP contribution in [0.1, 0.15) is 6.42 Å². The Morgan fingerprint density at radius 3 is 2.68 bits per heavy atom. The topological polar surface area (TPSA) is 49.0 Å². The molecule has 0 aliphatic carbocycles. The van der Waals surface area contributed by atoms with Crippen molar-refractivity contribution in [2.75, 3.05) is 18.5 Å². The van der Waals surface area contributed by atoms with E-state index in [-0.39, 0.29) is 18.1 Å². The van der Waals surface area contributed by atoms with Crippen molar-refractivity contribution in [3.8, 4) is 0 Å². The van der Waals surface area contributed by atoms with Crippen molar-refractivity contribution >= 4 is 16.9 Å². The van der Waals surface area contributed by atoms with E-state index in [0.717, 1.165) is 0 Å². The third-order valence-corrected chi connectivity index (χ3v) is 2.69. The van der Waals surface area contributed by atoms with Gasteiger partial charge in [-0.1, -0.05) is 12.1 Å². The fourth-order valence-corrected chi connectivity index (χ4v) is 1.66. The van der Waals surface area contributed by atoms with Gasteiger partial charge in [0, 0.05) is 13.6 Å². The highest BCUT2D eigenvalue weighted by Crippen LogP contribution is 2.20. The first-order valence-corrected chi connectivity index (χ1v) is 5.64. The number of hydrogen-bond donors (Lipinski definition) is 1. The average molecular weight is 271 g/mol. The molecule has 1 heterocycles. The van der Waals surface area contributed by atoms with Crippen LogP contribution < -0.4 is 10.5 Å². The number of halogens is 3. The summed E-state index contributed by atoms with van der Waals surface area (Å²) in [6.45, 7) is -0.259. The lowest BCUT2D eigenvalue weighted by molar-refractivity contribution is -0.132. The number of aromatic amines is 1. The quantitative estimate of drug-likeness (QED) is 0.932. The van der Waals surface area contributed by atoms with Gasteiger partial charge >= 0.3 is 6.18 Å². The van der Waals surface area contributed by atoms with Crippen molar-refractivity contribution in [1.82, 2.24) is 9.97 Å². The Bertz CT molecular complexity index is 636. The molecular formula is C12H12F3N3O. The molecule has 1 aromatic carbocycles. The maximum Gasteiger partial charge on any atom is 0.390 e. The van der Waals surface area contributed by atoms with E-state index >= 15 is 0 Å². The predicted octanol–water partition coefficient (Wildman–Crippen LogP) is 2.31. The number of nitrogens with zero attached hydrogens (tertiary/aromatic N) is 2. The zero-order chi connectivity index (χ0) is 14.0. The van der Waals surface area contributed by atoms with Gasteiger partial charge in [0.05, 0.1) is 17.3 Å². The van der Waals surface area contributed by atoms with Crippen LogP contribution in [0, 0.1) is 0 Å². The molecule has 0 atom stereocenters. The number of fused-ring (bicyclic) bond motifs is 1. The Morgan fingerprint density at radius 2 is 2.00 bits per heavy atom. The van der Waals surface area contributed by atoms with Gasteiger partial charge in [0.1, 0.15) is 0 Å². The predicted molar refractivity (Wildman–Crippen MR) is 66.3 cm³/mol. The van der Waals surface area contributed by atoms with Crippen molar-refractivity contribution in [3.05, 3.63) is 34.6 Å². The maximum atomic E-state index is 12.1.